The van der Waals surface area contributed by atoms with Gasteiger partial charge in [-0.2, -0.15) is 0 Å². The van der Waals surface area contributed by atoms with Crippen molar-refractivity contribution in [1.82, 2.24) is 4.90 Å². The largest absolute Gasteiger partial charge is 0.377 e. The first-order chi connectivity index (χ1) is 6.65. The van der Waals surface area contributed by atoms with Crippen LogP contribution in [0.4, 0.5) is 0 Å². The van der Waals surface area contributed by atoms with Crippen LogP contribution in [-0.2, 0) is 14.3 Å². The van der Waals surface area contributed by atoms with Crippen LogP contribution < -0.4 is 0 Å². The van der Waals surface area contributed by atoms with Crippen LogP contribution in [0.25, 0.3) is 0 Å². The van der Waals surface area contributed by atoms with E-state index in [1.165, 1.54) is 0 Å². The Hall–Kier alpha value is -0.610. The molecule has 2 unspecified atom stereocenters. The standard InChI is InChI=1S/C10H19NO3/c1-8-7-11(5-4-6-14-8)10(12)9(2)13-3/h8-9H,4-7H2,1-3H3. The summed E-state index contributed by atoms with van der Waals surface area (Å²) >= 11 is 0. The molecule has 0 aromatic rings. The molecule has 0 N–H and O–H groups in total. The zero-order valence-corrected chi connectivity index (χ0v) is 9.16. The maximum absolute atomic E-state index is 11.8. The summed E-state index contributed by atoms with van der Waals surface area (Å²) in [7, 11) is 1.56. The molecule has 1 aliphatic rings. The van der Waals surface area contributed by atoms with Crippen molar-refractivity contribution < 1.29 is 14.3 Å². The highest BCUT2D eigenvalue weighted by molar-refractivity contribution is 5.80. The number of methoxy groups -OCH3 is 1. The molecule has 0 radical (unpaired) electrons. The summed E-state index contributed by atoms with van der Waals surface area (Å²) in [6, 6.07) is 0. The van der Waals surface area contributed by atoms with Crippen molar-refractivity contribution in [1.29, 1.82) is 0 Å². The number of carbonyl (C=O) groups is 1. The molecule has 4 heteroatoms. The van der Waals surface area contributed by atoms with Crippen LogP contribution in [0, 0.1) is 0 Å². The Balaban J connectivity index is 2.52. The summed E-state index contributed by atoms with van der Waals surface area (Å²) in [4.78, 5) is 13.6. The average molecular weight is 201 g/mol. The molecule has 0 aromatic carbocycles. The van der Waals surface area contributed by atoms with E-state index in [9.17, 15) is 4.79 Å². The quantitative estimate of drug-likeness (QED) is 0.658. The molecule has 1 saturated heterocycles. The zero-order chi connectivity index (χ0) is 10.6. The van der Waals surface area contributed by atoms with E-state index in [1.807, 2.05) is 11.8 Å². The van der Waals surface area contributed by atoms with Gasteiger partial charge in [-0.1, -0.05) is 0 Å². The predicted octanol–water partition coefficient (Wildman–Crippen LogP) is 0.659. The Labute approximate surface area is 85.2 Å². The highest BCUT2D eigenvalue weighted by atomic mass is 16.5. The van der Waals surface area contributed by atoms with Gasteiger partial charge in [0.2, 0.25) is 0 Å². The maximum atomic E-state index is 11.8. The van der Waals surface area contributed by atoms with Gasteiger partial charge in [-0.25, -0.2) is 0 Å². The Morgan fingerprint density at radius 3 is 3.00 bits per heavy atom. The highest BCUT2D eigenvalue weighted by Gasteiger charge is 2.23. The van der Waals surface area contributed by atoms with Crippen LogP contribution in [0.5, 0.6) is 0 Å². The number of amides is 1. The molecular weight excluding hydrogens is 182 g/mol. The second-order valence-electron chi connectivity index (χ2n) is 3.70. The average Bonchev–Trinajstić information content (AvgIpc) is 2.40. The van der Waals surface area contributed by atoms with Gasteiger partial charge in [-0.3, -0.25) is 4.79 Å². The fraction of sp³-hybridized carbons (Fsp3) is 0.900. The first-order valence-electron chi connectivity index (χ1n) is 5.08. The Morgan fingerprint density at radius 2 is 2.36 bits per heavy atom. The van der Waals surface area contributed by atoms with Crippen molar-refractivity contribution in [2.24, 2.45) is 0 Å². The third kappa shape index (κ3) is 2.96. The smallest absolute Gasteiger partial charge is 0.251 e. The molecule has 0 aromatic heterocycles. The Kier molecular flexibility index (Phi) is 4.35. The molecule has 2 atom stereocenters. The zero-order valence-electron chi connectivity index (χ0n) is 9.16. The molecule has 0 saturated carbocycles. The first-order valence-corrected chi connectivity index (χ1v) is 5.08. The molecular formula is C10H19NO3. The minimum Gasteiger partial charge on any atom is -0.377 e. The molecule has 14 heavy (non-hydrogen) atoms. The van der Waals surface area contributed by atoms with Crippen LogP contribution in [0.2, 0.25) is 0 Å². The van der Waals surface area contributed by atoms with Crippen molar-refractivity contribution in [2.75, 3.05) is 26.8 Å². The van der Waals surface area contributed by atoms with Crippen LogP contribution in [-0.4, -0.2) is 49.8 Å². The fourth-order valence-electron chi connectivity index (χ4n) is 1.55. The monoisotopic (exact) mass is 201 g/mol. The maximum Gasteiger partial charge on any atom is 0.251 e. The summed E-state index contributed by atoms with van der Waals surface area (Å²) in [6.07, 6.45) is 0.692. The number of nitrogens with zero attached hydrogens (tertiary/aromatic N) is 1. The van der Waals surface area contributed by atoms with Gasteiger partial charge in [0.15, 0.2) is 0 Å². The summed E-state index contributed by atoms with van der Waals surface area (Å²) in [5.74, 6) is 0.0600. The van der Waals surface area contributed by atoms with E-state index in [-0.39, 0.29) is 18.1 Å². The van der Waals surface area contributed by atoms with E-state index >= 15 is 0 Å². The molecule has 1 amide bonds. The van der Waals surface area contributed by atoms with Gasteiger partial charge in [0, 0.05) is 26.8 Å². The van der Waals surface area contributed by atoms with Gasteiger partial charge >= 0.3 is 0 Å². The van der Waals surface area contributed by atoms with Crippen molar-refractivity contribution >= 4 is 5.91 Å². The number of hydrogen-bond donors (Lipinski definition) is 0. The molecule has 1 rings (SSSR count). The van der Waals surface area contributed by atoms with Gasteiger partial charge in [-0.15, -0.1) is 0 Å². The van der Waals surface area contributed by atoms with Gasteiger partial charge in [0.1, 0.15) is 6.10 Å². The van der Waals surface area contributed by atoms with E-state index in [4.69, 9.17) is 9.47 Å². The highest BCUT2D eigenvalue weighted by Crippen LogP contribution is 2.07. The van der Waals surface area contributed by atoms with Gasteiger partial charge in [0.25, 0.3) is 5.91 Å². The SMILES string of the molecule is COC(C)C(=O)N1CCCOC(C)C1. The van der Waals surface area contributed by atoms with Gasteiger partial charge < -0.3 is 14.4 Å². The van der Waals surface area contributed by atoms with E-state index in [0.717, 1.165) is 19.6 Å². The van der Waals surface area contributed by atoms with Crippen LogP contribution >= 0.6 is 0 Å². The summed E-state index contributed by atoms with van der Waals surface area (Å²) in [5, 5.41) is 0. The third-order valence-electron chi connectivity index (χ3n) is 2.47. The number of hydrogen-bond acceptors (Lipinski definition) is 3. The molecule has 1 aliphatic heterocycles. The second kappa shape index (κ2) is 5.32. The van der Waals surface area contributed by atoms with Gasteiger partial charge in [0.05, 0.1) is 6.10 Å². The minimum absolute atomic E-state index is 0.0600. The Morgan fingerprint density at radius 1 is 1.64 bits per heavy atom. The second-order valence-corrected chi connectivity index (χ2v) is 3.70. The van der Waals surface area contributed by atoms with Crippen molar-refractivity contribution in [3.8, 4) is 0 Å². The van der Waals surface area contributed by atoms with E-state index in [1.54, 1.807) is 14.0 Å². The Bertz CT molecular complexity index is 196. The predicted molar refractivity (Wildman–Crippen MR) is 53.1 cm³/mol. The van der Waals surface area contributed by atoms with Crippen LogP contribution in [0.1, 0.15) is 20.3 Å². The summed E-state index contributed by atoms with van der Waals surface area (Å²) in [5.41, 5.74) is 0. The van der Waals surface area contributed by atoms with Crippen molar-refractivity contribution in [3.05, 3.63) is 0 Å². The molecule has 4 nitrogen and oxygen atoms in total. The minimum atomic E-state index is -0.347. The molecule has 0 aliphatic carbocycles. The molecule has 0 bridgehead atoms. The fourth-order valence-corrected chi connectivity index (χ4v) is 1.55. The van der Waals surface area contributed by atoms with E-state index in [0.29, 0.717) is 6.54 Å². The molecule has 0 spiro atoms. The van der Waals surface area contributed by atoms with Crippen LogP contribution in [0.3, 0.4) is 0 Å². The number of ether oxygens (including phenoxy) is 2. The van der Waals surface area contributed by atoms with Crippen molar-refractivity contribution in [3.63, 3.8) is 0 Å². The molecule has 1 fully saturated rings. The normalized spacial score (nSPS) is 25.6. The number of rotatable bonds is 2. The molecule has 82 valence electrons. The lowest BCUT2D eigenvalue weighted by Crippen LogP contribution is -2.41. The lowest BCUT2D eigenvalue weighted by atomic mass is 10.3. The van der Waals surface area contributed by atoms with E-state index in [2.05, 4.69) is 0 Å². The van der Waals surface area contributed by atoms with Crippen molar-refractivity contribution in [2.45, 2.75) is 32.5 Å². The lowest BCUT2D eigenvalue weighted by Gasteiger charge is -2.24. The summed E-state index contributed by atoms with van der Waals surface area (Å²) in [6.45, 7) is 5.96. The topological polar surface area (TPSA) is 38.8 Å². The molecule has 1 heterocycles. The lowest BCUT2D eigenvalue weighted by molar-refractivity contribution is -0.141. The number of carbonyl (C=O) groups excluding carboxylic acids is 1. The van der Waals surface area contributed by atoms with Gasteiger partial charge in [-0.05, 0) is 20.3 Å². The third-order valence-corrected chi connectivity index (χ3v) is 2.47. The summed E-state index contributed by atoms with van der Waals surface area (Å²) < 4.78 is 10.5. The first kappa shape index (κ1) is 11.5. The van der Waals surface area contributed by atoms with E-state index < -0.39 is 0 Å². The van der Waals surface area contributed by atoms with Crippen LogP contribution in [0.15, 0.2) is 0 Å².